The van der Waals surface area contributed by atoms with Crippen molar-refractivity contribution in [3.8, 4) is 0 Å². The summed E-state index contributed by atoms with van der Waals surface area (Å²) in [6, 6.07) is 0.898. The standard InChI is InChI=1S/C13H26N2/c1-12-4-2-5-13(7-6-12)15-10-3-8-14-9-11-15/h12-14H,2-11H2,1H3. The molecule has 1 saturated carbocycles. The molecular weight excluding hydrogens is 184 g/mol. The Morgan fingerprint density at radius 3 is 2.80 bits per heavy atom. The van der Waals surface area contributed by atoms with Gasteiger partial charge in [0.1, 0.15) is 0 Å². The minimum absolute atomic E-state index is 0.898. The number of nitrogens with one attached hydrogen (secondary N) is 1. The maximum Gasteiger partial charge on any atom is 0.0110 e. The van der Waals surface area contributed by atoms with Gasteiger partial charge in [0.05, 0.1) is 0 Å². The van der Waals surface area contributed by atoms with Crippen LogP contribution in [0.5, 0.6) is 0 Å². The summed E-state index contributed by atoms with van der Waals surface area (Å²) < 4.78 is 0. The molecule has 2 heteroatoms. The van der Waals surface area contributed by atoms with Crippen LogP contribution in [0.2, 0.25) is 0 Å². The molecule has 2 nitrogen and oxygen atoms in total. The monoisotopic (exact) mass is 210 g/mol. The van der Waals surface area contributed by atoms with Crippen molar-refractivity contribution in [3.05, 3.63) is 0 Å². The molecule has 15 heavy (non-hydrogen) atoms. The minimum atomic E-state index is 0.898. The summed E-state index contributed by atoms with van der Waals surface area (Å²) in [6.07, 6.45) is 8.60. The Labute approximate surface area is 94.4 Å². The van der Waals surface area contributed by atoms with E-state index in [4.69, 9.17) is 0 Å². The van der Waals surface area contributed by atoms with Gasteiger partial charge in [0.15, 0.2) is 0 Å². The first kappa shape index (κ1) is 11.4. The van der Waals surface area contributed by atoms with E-state index >= 15 is 0 Å². The average Bonchev–Trinajstić information content (AvgIpc) is 2.59. The highest BCUT2D eigenvalue weighted by molar-refractivity contribution is 4.78. The molecular formula is C13H26N2. The quantitative estimate of drug-likeness (QED) is 0.668. The van der Waals surface area contributed by atoms with Crippen molar-refractivity contribution in [1.29, 1.82) is 0 Å². The van der Waals surface area contributed by atoms with Crippen molar-refractivity contribution < 1.29 is 0 Å². The van der Waals surface area contributed by atoms with Crippen LogP contribution in [-0.4, -0.2) is 37.1 Å². The molecule has 2 fully saturated rings. The first-order valence-electron chi connectivity index (χ1n) is 6.81. The lowest BCUT2D eigenvalue weighted by molar-refractivity contribution is 0.189. The maximum absolute atomic E-state index is 3.50. The molecule has 1 aliphatic heterocycles. The van der Waals surface area contributed by atoms with Gasteiger partial charge < -0.3 is 5.32 Å². The minimum Gasteiger partial charge on any atom is -0.315 e. The number of hydrogen-bond acceptors (Lipinski definition) is 2. The third kappa shape index (κ3) is 3.46. The number of hydrogen-bond donors (Lipinski definition) is 1. The summed E-state index contributed by atoms with van der Waals surface area (Å²) >= 11 is 0. The molecule has 2 unspecified atom stereocenters. The van der Waals surface area contributed by atoms with Crippen LogP contribution in [0, 0.1) is 5.92 Å². The van der Waals surface area contributed by atoms with Gasteiger partial charge in [0, 0.05) is 19.1 Å². The fourth-order valence-corrected chi connectivity index (χ4v) is 3.06. The van der Waals surface area contributed by atoms with Gasteiger partial charge >= 0.3 is 0 Å². The fraction of sp³-hybridized carbons (Fsp3) is 1.00. The van der Waals surface area contributed by atoms with Gasteiger partial charge in [-0.3, -0.25) is 4.90 Å². The molecule has 1 aliphatic carbocycles. The van der Waals surface area contributed by atoms with Crippen LogP contribution in [0.25, 0.3) is 0 Å². The topological polar surface area (TPSA) is 15.3 Å². The van der Waals surface area contributed by atoms with Crippen LogP contribution >= 0.6 is 0 Å². The van der Waals surface area contributed by atoms with Crippen LogP contribution in [-0.2, 0) is 0 Å². The van der Waals surface area contributed by atoms with Crippen molar-refractivity contribution in [2.24, 2.45) is 5.92 Å². The van der Waals surface area contributed by atoms with E-state index in [2.05, 4.69) is 17.1 Å². The van der Waals surface area contributed by atoms with Crippen molar-refractivity contribution in [2.45, 2.75) is 51.5 Å². The van der Waals surface area contributed by atoms with Crippen molar-refractivity contribution in [1.82, 2.24) is 10.2 Å². The third-order valence-corrected chi connectivity index (χ3v) is 4.12. The number of nitrogens with zero attached hydrogens (tertiary/aromatic N) is 1. The van der Waals surface area contributed by atoms with Gasteiger partial charge in [-0.05, 0) is 44.7 Å². The molecule has 0 aromatic heterocycles. The lowest BCUT2D eigenvalue weighted by Gasteiger charge is -2.29. The summed E-state index contributed by atoms with van der Waals surface area (Å²) in [5.74, 6) is 0.972. The van der Waals surface area contributed by atoms with Crippen molar-refractivity contribution in [2.75, 3.05) is 26.2 Å². The van der Waals surface area contributed by atoms with Gasteiger partial charge in [0.2, 0.25) is 0 Å². The zero-order valence-electron chi connectivity index (χ0n) is 10.2. The molecule has 0 amide bonds. The highest BCUT2D eigenvalue weighted by atomic mass is 15.2. The lowest BCUT2D eigenvalue weighted by Crippen LogP contribution is -2.37. The van der Waals surface area contributed by atoms with Crippen molar-refractivity contribution in [3.63, 3.8) is 0 Å². The van der Waals surface area contributed by atoms with Crippen LogP contribution < -0.4 is 5.32 Å². The van der Waals surface area contributed by atoms with Crippen LogP contribution in [0.3, 0.4) is 0 Å². The van der Waals surface area contributed by atoms with E-state index in [1.807, 2.05) is 0 Å². The molecule has 1 N–H and O–H groups in total. The van der Waals surface area contributed by atoms with E-state index in [0.717, 1.165) is 12.0 Å². The Morgan fingerprint density at radius 1 is 0.933 bits per heavy atom. The molecule has 2 rings (SSSR count). The van der Waals surface area contributed by atoms with Gasteiger partial charge in [-0.25, -0.2) is 0 Å². The molecule has 2 atom stereocenters. The molecule has 88 valence electrons. The second-order valence-electron chi connectivity index (χ2n) is 5.41. The van der Waals surface area contributed by atoms with E-state index in [1.54, 1.807) is 0 Å². The Balaban J connectivity index is 1.84. The second kappa shape index (κ2) is 5.86. The Morgan fingerprint density at radius 2 is 1.87 bits per heavy atom. The predicted molar refractivity (Wildman–Crippen MR) is 65.1 cm³/mol. The highest BCUT2D eigenvalue weighted by Crippen LogP contribution is 2.26. The second-order valence-corrected chi connectivity index (χ2v) is 5.41. The molecule has 1 heterocycles. The molecule has 0 radical (unpaired) electrons. The normalized spacial score (nSPS) is 35.8. The van der Waals surface area contributed by atoms with Crippen LogP contribution in [0.15, 0.2) is 0 Å². The summed E-state index contributed by atoms with van der Waals surface area (Å²) in [6.45, 7) is 7.45. The Kier molecular flexibility index (Phi) is 4.45. The van der Waals surface area contributed by atoms with Gasteiger partial charge in [-0.2, -0.15) is 0 Å². The fourth-order valence-electron chi connectivity index (χ4n) is 3.06. The van der Waals surface area contributed by atoms with Gasteiger partial charge in [-0.1, -0.05) is 19.8 Å². The summed E-state index contributed by atoms with van der Waals surface area (Å²) in [5.41, 5.74) is 0. The lowest BCUT2D eigenvalue weighted by atomic mass is 10.0. The maximum atomic E-state index is 3.50. The zero-order chi connectivity index (χ0) is 10.5. The molecule has 0 bridgehead atoms. The first-order valence-corrected chi connectivity index (χ1v) is 6.81. The first-order chi connectivity index (χ1) is 7.36. The van der Waals surface area contributed by atoms with E-state index < -0.39 is 0 Å². The van der Waals surface area contributed by atoms with E-state index in [-0.39, 0.29) is 0 Å². The van der Waals surface area contributed by atoms with Gasteiger partial charge in [-0.15, -0.1) is 0 Å². The zero-order valence-corrected chi connectivity index (χ0v) is 10.2. The Bertz CT molecular complexity index is 173. The third-order valence-electron chi connectivity index (χ3n) is 4.12. The molecule has 1 saturated heterocycles. The number of rotatable bonds is 1. The van der Waals surface area contributed by atoms with Crippen LogP contribution in [0.1, 0.15) is 45.4 Å². The van der Waals surface area contributed by atoms with Crippen molar-refractivity contribution >= 4 is 0 Å². The summed E-state index contributed by atoms with van der Waals surface area (Å²) in [4.78, 5) is 2.75. The molecule has 2 aliphatic rings. The SMILES string of the molecule is CC1CCCC(N2CCCNCC2)CC1. The van der Waals surface area contributed by atoms with Crippen LogP contribution in [0.4, 0.5) is 0 Å². The van der Waals surface area contributed by atoms with E-state index in [9.17, 15) is 0 Å². The Hall–Kier alpha value is -0.0800. The average molecular weight is 210 g/mol. The van der Waals surface area contributed by atoms with E-state index in [0.29, 0.717) is 0 Å². The summed E-state index contributed by atoms with van der Waals surface area (Å²) in [5, 5.41) is 3.50. The molecule has 0 aromatic carbocycles. The highest BCUT2D eigenvalue weighted by Gasteiger charge is 2.22. The smallest absolute Gasteiger partial charge is 0.0110 e. The summed E-state index contributed by atoms with van der Waals surface area (Å²) in [7, 11) is 0. The van der Waals surface area contributed by atoms with E-state index in [1.165, 1.54) is 64.7 Å². The largest absolute Gasteiger partial charge is 0.315 e. The predicted octanol–water partition coefficient (Wildman–Crippen LogP) is 2.25. The molecule has 0 aromatic rings. The van der Waals surface area contributed by atoms with Gasteiger partial charge in [0.25, 0.3) is 0 Å². The molecule has 0 spiro atoms.